The molecular formula is C27H42N2O. The maximum absolute atomic E-state index is 10.1. The topological polar surface area (TPSA) is 36.4 Å². The number of nitrogens with zero attached hydrogens (tertiary/aromatic N) is 2. The molecule has 0 aliphatic rings. The average molecular weight is 411 g/mol. The van der Waals surface area contributed by atoms with E-state index in [2.05, 4.69) is 47.1 Å². The van der Waals surface area contributed by atoms with Crippen molar-refractivity contribution >= 4 is 0 Å². The summed E-state index contributed by atoms with van der Waals surface area (Å²) in [5.41, 5.74) is 2.36. The van der Waals surface area contributed by atoms with Gasteiger partial charge >= 0.3 is 0 Å². The van der Waals surface area contributed by atoms with Crippen molar-refractivity contribution < 1.29 is 5.11 Å². The highest BCUT2D eigenvalue weighted by Crippen LogP contribution is 2.15. The Morgan fingerprint density at radius 3 is 2.03 bits per heavy atom. The molecule has 0 bridgehead atoms. The monoisotopic (exact) mass is 410 g/mol. The van der Waals surface area contributed by atoms with Gasteiger partial charge < -0.3 is 5.11 Å². The van der Waals surface area contributed by atoms with Crippen LogP contribution in [0.4, 0.5) is 0 Å². The lowest BCUT2D eigenvalue weighted by atomic mass is 10.0. The first-order valence-corrected chi connectivity index (χ1v) is 12.1. The second kappa shape index (κ2) is 16.0. The fourth-order valence-corrected chi connectivity index (χ4v) is 4.09. The predicted molar refractivity (Wildman–Crippen MR) is 128 cm³/mol. The third-order valence-electron chi connectivity index (χ3n) is 5.93. The van der Waals surface area contributed by atoms with Gasteiger partial charge in [-0.3, -0.25) is 9.88 Å². The van der Waals surface area contributed by atoms with Crippen LogP contribution in [0.2, 0.25) is 0 Å². The van der Waals surface area contributed by atoms with Gasteiger partial charge in [-0.25, -0.2) is 0 Å². The van der Waals surface area contributed by atoms with E-state index in [4.69, 9.17) is 0 Å². The van der Waals surface area contributed by atoms with Crippen LogP contribution in [-0.2, 0) is 13.0 Å². The Bertz CT molecular complexity index is 632. The van der Waals surface area contributed by atoms with Gasteiger partial charge in [0.1, 0.15) is 0 Å². The molecule has 1 aromatic heterocycles. The minimum atomic E-state index is 0.132. The summed E-state index contributed by atoms with van der Waals surface area (Å²) in [6.45, 7) is 4.28. The first-order chi connectivity index (χ1) is 14.8. The number of hydrogen-bond donors (Lipinski definition) is 1. The molecule has 1 atom stereocenters. The minimum Gasteiger partial charge on any atom is -0.395 e. The molecule has 0 saturated carbocycles. The van der Waals surface area contributed by atoms with Crippen LogP contribution >= 0.6 is 0 Å². The van der Waals surface area contributed by atoms with Crippen molar-refractivity contribution in [2.45, 2.75) is 90.1 Å². The molecule has 166 valence electrons. The molecule has 3 heteroatoms. The second-order valence-corrected chi connectivity index (χ2v) is 8.50. The summed E-state index contributed by atoms with van der Waals surface area (Å²) in [5.74, 6) is 0. The summed E-state index contributed by atoms with van der Waals surface area (Å²) >= 11 is 0. The van der Waals surface area contributed by atoms with Crippen LogP contribution in [0.5, 0.6) is 0 Å². The van der Waals surface area contributed by atoms with E-state index >= 15 is 0 Å². The molecule has 0 aliphatic carbocycles. The third kappa shape index (κ3) is 10.4. The molecule has 3 nitrogen and oxygen atoms in total. The maximum atomic E-state index is 10.1. The zero-order chi connectivity index (χ0) is 21.3. The second-order valence-electron chi connectivity index (χ2n) is 8.50. The molecule has 30 heavy (non-hydrogen) atoms. The van der Waals surface area contributed by atoms with E-state index < -0.39 is 0 Å². The lowest BCUT2D eigenvalue weighted by molar-refractivity contribution is 0.112. The molecular weight excluding hydrogens is 368 g/mol. The Balaban J connectivity index is 1.78. The molecule has 0 aliphatic heterocycles. The predicted octanol–water partition coefficient (Wildman–Crippen LogP) is 6.41. The van der Waals surface area contributed by atoms with Gasteiger partial charge in [-0.1, -0.05) is 101 Å². The lowest BCUT2D eigenvalue weighted by Gasteiger charge is -2.30. The van der Waals surface area contributed by atoms with Crippen molar-refractivity contribution in [3.05, 3.63) is 66.0 Å². The van der Waals surface area contributed by atoms with Gasteiger partial charge in [0.2, 0.25) is 0 Å². The fourth-order valence-electron chi connectivity index (χ4n) is 4.09. The summed E-state index contributed by atoms with van der Waals surface area (Å²) in [4.78, 5) is 6.95. The Morgan fingerprint density at radius 1 is 0.800 bits per heavy atom. The number of benzene rings is 1. The molecule has 0 radical (unpaired) electrons. The van der Waals surface area contributed by atoms with Crippen LogP contribution in [0.1, 0.15) is 82.4 Å². The maximum Gasteiger partial charge on any atom is 0.0590 e. The van der Waals surface area contributed by atoms with Crippen LogP contribution in [0.25, 0.3) is 0 Å². The Labute approximate surface area is 184 Å². The molecule has 1 aromatic carbocycles. The summed E-state index contributed by atoms with van der Waals surface area (Å²) in [6.07, 6.45) is 16.2. The Hall–Kier alpha value is -1.71. The summed E-state index contributed by atoms with van der Waals surface area (Å²) in [5, 5.41) is 10.1. The highest BCUT2D eigenvalue weighted by Gasteiger charge is 2.19. The van der Waals surface area contributed by atoms with E-state index in [1.165, 1.54) is 69.8 Å². The highest BCUT2D eigenvalue weighted by molar-refractivity contribution is 5.16. The van der Waals surface area contributed by atoms with Gasteiger partial charge in [-0.15, -0.1) is 0 Å². The van der Waals surface area contributed by atoms with E-state index in [-0.39, 0.29) is 12.6 Å². The quantitative estimate of drug-likeness (QED) is 0.306. The molecule has 0 saturated heterocycles. The number of aromatic nitrogens is 1. The molecule has 2 rings (SSSR count). The van der Waals surface area contributed by atoms with Crippen LogP contribution < -0.4 is 0 Å². The van der Waals surface area contributed by atoms with Gasteiger partial charge in [0.15, 0.2) is 0 Å². The SMILES string of the molecule is CCCCCCCCCCCCN(Cc1ccccn1)[C@@H](CO)Cc1ccccc1. The van der Waals surface area contributed by atoms with Crippen LogP contribution in [0.15, 0.2) is 54.7 Å². The number of aliphatic hydroxyl groups is 1. The third-order valence-corrected chi connectivity index (χ3v) is 5.93. The summed E-state index contributed by atoms with van der Waals surface area (Å²) in [7, 11) is 0. The van der Waals surface area contributed by atoms with Crippen molar-refractivity contribution in [3.8, 4) is 0 Å². The number of pyridine rings is 1. The van der Waals surface area contributed by atoms with Crippen molar-refractivity contribution in [1.29, 1.82) is 0 Å². The van der Waals surface area contributed by atoms with Crippen molar-refractivity contribution in [2.75, 3.05) is 13.2 Å². The number of aliphatic hydroxyl groups excluding tert-OH is 1. The average Bonchev–Trinajstić information content (AvgIpc) is 2.79. The zero-order valence-electron chi connectivity index (χ0n) is 19.0. The standard InChI is InChI=1S/C27H42N2O/c1-2-3-4-5-6-7-8-9-10-16-21-29(23-26-19-14-15-20-28-26)27(24-30)22-25-17-12-11-13-18-25/h11-15,17-20,27,30H,2-10,16,21-24H2,1H3/t27-/m1/s1. The van der Waals surface area contributed by atoms with Crippen LogP contribution in [-0.4, -0.2) is 34.2 Å². The Kier molecular flexibility index (Phi) is 13.1. The summed E-state index contributed by atoms with van der Waals surface area (Å²) in [6, 6.07) is 16.7. The van der Waals surface area contributed by atoms with Gasteiger partial charge in [-0.2, -0.15) is 0 Å². The van der Waals surface area contributed by atoms with E-state index in [1.807, 2.05) is 24.4 Å². The first-order valence-electron chi connectivity index (χ1n) is 12.1. The van der Waals surface area contributed by atoms with Gasteiger partial charge in [0.05, 0.1) is 12.3 Å². The smallest absolute Gasteiger partial charge is 0.0590 e. The number of rotatable bonds is 17. The minimum absolute atomic E-state index is 0.132. The highest BCUT2D eigenvalue weighted by atomic mass is 16.3. The lowest BCUT2D eigenvalue weighted by Crippen LogP contribution is -2.40. The van der Waals surface area contributed by atoms with Crippen molar-refractivity contribution in [1.82, 2.24) is 9.88 Å². The van der Waals surface area contributed by atoms with Gasteiger partial charge in [-0.05, 0) is 37.1 Å². The first kappa shape index (κ1) is 24.6. The molecule has 2 aromatic rings. The molecule has 0 spiro atoms. The van der Waals surface area contributed by atoms with E-state index in [1.54, 1.807) is 0 Å². The normalized spacial score (nSPS) is 12.4. The summed E-state index contributed by atoms with van der Waals surface area (Å²) < 4.78 is 0. The fraction of sp³-hybridized carbons (Fsp3) is 0.593. The van der Waals surface area contributed by atoms with E-state index in [0.29, 0.717) is 0 Å². The molecule has 0 fully saturated rings. The van der Waals surface area contributed by atoms with E-state index in [9.17, 15) is 5.11 Å². The van der Waals surface area contributed by atoms with Crippen LogP contribution in [0.3, 0.4) is 0 Å². The molecule has 1 heterocycles. The molecule has 0 unspecified atom stereocenters. The van der Waals surface area contributed by atoms with Crippen molar-refractivity contribution in [2.24, 2.45) is 0 Å². The van der Waals surface area contributed by atoms with E-state index in [0.717, 1.165) is 25.2 Å². The van der Waals surface area contributed by atoms with Crippen LogP contribution in [0, 0.1) is 0 Å². The zero-order valence-corrected chi connectivity index (χ0v) is 19.0. The number of hydrogen-bond acceptors (Lipinski definition) is 3. The molecule has 1 N–H and O–H groups in total. The number of unbranched alkanes of at least 4 members (excludes halogenated alkanes) is 9. The van der Waals surface area contributed by atoms with Gasteiger partial charge in [0, 0.05) is 18.8 Å². The largest absolute Gasteiger partial charge is 0.395 e. The van der Waals surface area contributed by atoms with Crippen molar-refractivity contribution in [3.63, 3.8) is 0 Å². The Morgan fingerprint density at radius 2 is 1.43 bits per heavy atom. The van der Waals surface area contributed by atoms with Gasteiger partial charge in [0.25, 0.3) is 0 Å². The molecule has 0 amide bonds.